The SMILES string of the molecule is CCOc1ccc(-n2cnc3cc(NCc4ccc(CC)cc4)cnc32)cc1. The van der Waals surface area contributed by atoms with Gasteiger partial charge >= 0.3 is 0 Å². The molecule has 0 amide bonds. The molecule has 4 rings (SSSR count). The Morgan fingerprint density at radius 2 is 1.68 bits per heavy atom. The number of imidazole rings is 1. The van der Waals surface area contributed by atoms with Crippen LogP contribution in [0.2, 0.25) is 0 Å². The van der Waals surface area contributed by atoms with Crippen LogP contribution in [0, 0.1) is 0 Å². The average Bonchev–Trinajstić information content (AvgIpc) is 3.17. The Hall–Kier alpha value is -3.34. The number of fused-ring (bicyclic) bond motifs is 1. The lowest BCUT2D eigenvalue weighted by atomic mass is 10.1. The zero-order valence-corrected chi connectivity index (χ0v) is 16.2. The predicted molar refractivity (Wildman–Crippen MR) is 113 cm³/mol. The zero-order valence-electron chi connectivity index (χ0n) is 16.2. The van der Waals surface area contributed by atoms with Gasteiger partial charge in [-0.1, -0.05) is 31.2 Å². The van der Waals surface area contributed by atoms with Crippen molar-refractivity contribution in [1.29, 1.82) is 0 Å². The van der Waals surface area contributed by atoms with Gasteiger partial charge in [-0.05, 0) is 54.8 Å². The van der Waals surface area contributed by atoms with Crippen LogP contribution in [0.3, 0.4) is 0 Å². The fraction of sp³-hybridized carbons (Fsp3) is 0.217. The second kappa shape index (κ2) is 8.13. The third-order valence-electron chi connectivity index (χ3n) is 4.74. The summed E-state index contributed by atoms with van der Waals surface area (Å²) in [6, 6.07) is 18.7. The van der Waals surface area contributed by atoms with Gasteiger partial charge in [0, 0.05) is 12.2 Å². The van der Waals surface area contributed by atoms with Crippen LogP contribution >= 0.6 is 0 Å². The van der Waals surface area contributed by atoms with Crippen LogP contribution in [0.15, 0.2) is 67.1 Å². The Kier molecular flexibility index (Phi) is 5.24. The number of aryl methyl sites for hydroxylation is 1. The van der Waals surface area contributed by atoms with Gasteiger partial charge in [0.1, 0.15) is 17.6 Å². The molecule has 0 unspecified atom stereocenters. The van der Waals surface area contributed by atoms with Gasteiger partial charge in [0.25, 0.3) is 0 Å². The van der Waals surface area contributed by atoms with E-state index in [9.17, 15) is 0 Å². The normalized spacial score (nSPS) is 10.9. The lowest BCUT2D eigenvalue weighted by molar-refractivity contribution is 0.340. The van der Waals surface area contributed by atoms with Gasteiger partial charge in [0.2, 0.25) is 0 Å². The number of rotatable bonds is 7. The number of benzene rings is 2. The van der Waals surface area contributed by atoms with Crippen molar-refractivity contribution in [3.8, 4) is 11.4 Å². The summed E-state index contributed by atoms with van der Waals surface area (Å²) in [4.78, 5) is 9.14. The number of hydrogen-bond donors (Lipinski definition) is 1. The molecule has 5 nitrogen and oxygen atoms in total. The topological polar surface area (TPSA) is 52.0 Å². The maximum Gasteiger partial charge on any atom is 0.164 e. The molecular weight excluding hydrogens is 348 g/mol. The number of nitrogens with one attached hydrogen (secondary N) is 1. The first-order valence-corrected chi connectivity index (χ1v) is 9.65. The minimum absolute atomic E-state index is 0.660. The minimum atomic E-state index is 0.660. The standard InChI is InChI=1S/C23H24N4O/c1-3-17-5-7-18(8-6-17)14-24-19-13-22-23(25-15-19)27(16-26-22)20-9-11-21(12-10-20)28-4-2/h5-13,15-16,24H,3-4,14H2,1-2H3. The molecule has 0 fully saturated rings. The third-order valence-corrected chi connectivity index (χ3v) is 4.74. The first-order chi connectivity index (χ1) is 13.8. The van der Waals surface area contributed by atoms with E-state index in [1.165, 1.54) is 11.1 Å². The van der Waals surface area contributed by atoms with E-state index in [0.717, 1.165) is 41.3 Å². The van der Waals surface area contributed by atoms with E-state index < -0.39 is 0 Å². The quantitative estimate of drug-likeness (QED) is 0.496. The molecule has 0 aliphatic heterocycles. The van der Waals surface area contributed by atoms with Crippen molar-refractivity contribution in [2.45, 2.75) is 26.8 Å². The number of ether oxygens (including phenoxy) is 1. The molecule has 1 N–H and O–H groups in total. The molecule has 28 heavy (non-hydrogen) atoms. The van der Waals surface area contributed by atoms with E-state index in [1.54, 1.807) is 6.33 Å². The summed E-state index contributed by atoms with van der Waals surface area (Å²) < 4.78 is 7.49. The molecular formula is C23H24N4O. The maximum atomic E-state index is 5.51. The highest BCUT2D eigenvalue weighted by Gasteiger charge is 2.07. The van der Waals surface area contributed by atoms with Gasteiger partial charge in [-0.2, -0.15) is 0 Å². The molecule has 0 aliphatic carbocycles. The van der Waals surface area contributed by atoms with Gasteiger partial charge in [0.05, 0.1) is 18.5 Å². The van der Waals surface area contributed by atoms with Crippen molar-refractivity contribution >= 4 is 16.9 Å². The van der Waals surface area contributed by atoms with E-state index in [0.29, 0.717) is 6.61 Å². The van der Waals surface area contributed by atoms with E-state index in [4.69, 9.17) is 4.74 Å². The molecule has 142 valence electrons. The van der Waals surface area contributed by atoms with Gasteiger partial charge in [-0.25, -0.2) is 9.97 Å². The first kappa shape index (κ1) is 18.0. The van der Waals surface area contributed by atoms with Crippen LogP contribution in [0.4, 0.5) is 5.69 Å². The Balaban J connectivity index is 1.50. The molecule has 0 saturated heterocycles. The second-order valence-corrected chi connectivity index (χ2v) is 6.63. The number of nitrogens with zero attached hydrogens (tertiary/aromatic N) is 3. The Bertz CT molecular complexity index is 1050. The number of hydrogen-bond acceptors (Lipinski definition) is 4. The molecule has 4 aromatic rings. The Morgan fingerprint density at radius 1 is 0.929 bits per heavy atom. The highest BCUT2D eigenvalue weighted by Crippen LogP contribution is 2.21. The van der Waals surface area contributed by atoms with Crippen molar-refractivity contribution in [3.05, 3.63) is 78.2 Å². The molecule has 0 bridgehead atoms. The molecule has 2 aromatic carbocycles. The van der Waals surface area contributed by atoms with Gasteiger partial charge in [0.15, 0.2) is 5.65 Å². The van der Waals surface area contributed by atoms with Gasteiger partial charge in [-0.15, -0.1) is 0 Å². The van der Waals surface area contributed by atoms with Crippen LogP contribution in [0.5, 0.6) is 5.75 Å². The fourth-order valence-electron chi connectivity index (χ4n) is 3.15. The van der Waals surface area contributed by atoms with E-state index in [1.807, 2.05) is 48.0 Å². The smallest absolute Gasteiger partial charge is 0.164 e. The summed E-state index contributed by atoms with van der Waals surface area (Å²) in [5.41, 5.74) is 6.27. The summed E-state index contributed by atoms with van der Waals surface area (Å²) in [6.07, 6.45) is 4.72. The van der Waals surface area contributed by atoms with Crippen molar-refractivity contribution in [3.63, 3.8) is 0 Å². The molecule has 2 aromatic heterocycles. The Morgan fingerprint density at radius 3 is 2.39 bits per heavy atom. The molecule has 0 atom stereocenters. The highest BCUT2D eigenvalue weighted by atomic mass is 16.5. The van der Waals surface area contributed by atoms with E-state index >= 15 is 0 Å². The summed E-state index contributed by atoms with van der Waals surface area (Å²) in [5.74, 6) is 0.863. The van der Waals surface area contributed by atoms with Crippen molar-refractivity contribution in [2.24, 2.45) is 0 Å². The molecule has 5 heteroatoms. The summed E-state index contributed by atoms with van der Waals surface area (Å²) in [6.45, 7) is 5.57. The lowest BCUT2D eigenvalue weighted by Gasteiger charge is -2.08. The second-order valence-electron chi connectivity index (χ2n) is 6.63. The van der Waals surface area contributed by atoms with Crippen LogP contribution in [-0.4, -0.2) is 21.1 Å². The van der Waals surface area contributed by atoms with Crippen molar-refractivity contribution in [2.75, 3.05) is 11.9 Å². The summed E-state index contributed by atoms with van der Waals surface area (Å²) in [7, 11) is 0. The maximum absolute atomic E-state index is 5.51. The van der Waals surface area contributed by atoms with E-state index in [2.05, 4.69) is 46.5 Å². The van der Waals surface area contributed by atoms with Gasteiger partial charge in [-0.3, -0.25) is 4.57 Å². The minimum Gasteiger partial charge on any atom is -0.494 e. The van der Waals surface area contributed by atoms with Crippen molar-refractivity contribution < 1.29 is 4.74 Å². The van der Waals surface area contributed by atoms with Crippen molar-refractivity contribution in [1.82, 2.24) is 14.5 Å². The molecule has 2 heterocycles. The average molecular weight is 372 g/mol. The van der Waals surface area contributed by atoms with Crippen LogP contribution < -0.4 is 10.1 Å². The Labute approximate surface area is 165 Å². The largest absolute Gasteiger partial charge is 0.494 e. The predicted octanol–water partition coefficient (Wildman–Crippen LogP) is 4.99. The zero-order chi connectivity index (χ0) is 19.3. The fourth-order valence-corrected chi connectivity index (χ4v) is 3.15. The highest BCUT2D eigenvalue weighted by molar-refractivity contribution is 5.76. The molecule has 0 spiro atoms. The molecule has 0 radical (unpaired) electrons. The van der Waals surface area contributed by atoms with Gasteiger partial charge < -0.3 is 10.1 Å². The lowest BCUT2D eigenvalue weighted by Crippen LogP contribution is -2.00. The van der Waals surface area contributed by atoms with E-state index in [-0.39, 0.29) is 0 Å². The number of aromatic nitrogens is 3. The molecule has 0 saturated carbocycles. The molecule has 0 aliphatic rings. The number of pyridine rings is 1. The van der Waals surface area contributed by atoms with Crippen LogP contribution in [0.25, 0.3) is 16.9 Å². The summed E-state index contributed by atoms with van der Waals surface area (Å²) in [5, 5.41) is 3.43. The number of anilines is 1. The third kappa shape index (κ3) is 3.83. The first-order valence-electron chi connectivity index (χ1n) is 9.65. The van der Waals surface area contributed by atoms with Crippen LogP contribution in [-0.2, 0) is 13.0 Å². The van der Waals surface area contributed by atoms with Crippen LogP contribution in [0.1, 0.15) is 25.0 Å². The monoisotopic (exact) mass is 372 g/mol. The summed E-state index contributed by atoms with van der Waals surface area (Å²) >= 11 is 0.